The second kappa shape index (κ2) is 5.92. The summed E-state index contributed by atoms with van der Waals surface area (Å²) in [6.07, 6.45) is 2.56. The fraction of sp³-hybridized carbons (Fsp3) is 0.364. The van der Waals surface area contributed by atoms with Crippen LogP contribution in [0.15, 0.2) is 17.6 Å². The molecule has 0 aliphatic heterocycles. The Morgan fingerprint density at radius 3 is 3.00 bits per heavy atom. The van der Waals surface area contributed by atoms with Gasteiger partial charge in [0, 0.05) is 31.6 Å². The molecule has 2 aromatic rings. The number of hydrogen-bond acceptors (Lipinski definition) is 5. The summed E-state index contributed by atoms with van der Waals surface area (Å²) in [5.41, 5.74) is 0.917. The summed E-state index contributed by atoms with van der Waals surface area (Å²) in [5.74, 6) is 0. The Bertz CT molecular complexity index is 509. The van der Waals surface area contributed by atoms with Crippen LogP contribution >= 0.6 is 22.9 Å². The van der Waals surface area contributed by atoms with Gasteiger partial charge >= 0.3 is 6.03 Å². The molecular weight excluding hydrogens is 268 g/mol. The largest absolute Gasteiger partial charge is 0.327 e. The average Bonchev–Trinajstić information content (AvgIpc) is 2.97. The van der Waals surface area contributed by atoms with Crippen LogP contribution in [0.3, 0.4) is 0 Å². The van der Waals surface area contributed by atoms with E-state index in [1.807, 2.05) is 18.4 Å². The molecule has 0 aliphatic carbocycles. The molecule has 0 atom stereocenters. The number of aromatic nitrogens is 2. The lowest BCUT2D eigenvalue weighted by molar-refractivity contribution is 0.223. The van der Waals surface area contributed by atoms with Gasteiger partial charge in [-0.2, -0.15) is 4.37 Å². The minimum atomic E-state index is -0.116. The number of nitrogens with zero attached hydrogens (tertiary/aromatic N) is 3. The number of amides is 2. The number of carbonyl (C=O) groups excluding carboxylic acids is 1. The summed E-state index contributed by atoms with van der Waals surface area (Å²) in [7, 11) is 1.77. The van der Waals surface area contributed by atoms with Gasteiger partial charge in [-0.3, -0.25) is 5.32 Å². The first-order valence-electron chi connectivity index (χ1n) is 5.49. The predicted molar refractivity (Wildman–Crippen MR) is 74.3 cm³/mol. The molecule has 2 heterocycles. The second-order valence-electron chi connectivity index (χ2n) is 3.86. The van der Waals surface area contributed by atoms with Crippen molar-refractivity contribution < 1.29 is 4.79 Å². The third-order valence-corrected chi connectivity index (χ3v) is 3.98. The fourth-order valence-corrected chi connectivity index (χ4v) is 2.63. The van der Waals surface area contributed by atoms with Crippen LogP contribution in [-0.4, -0.2) is 33.9 Å². The molecule has 7 heteroatoms. The molecule has 0 unspecified atom stereocenters. The van der Waals surface area contributed by atoms with E-state index in [2.05, 4.69) is 14.7 Å². The summed E-state index contributed by atoms with van der Waals surface area (Å²) in [6, 6.07) is 1.74. The van der Waals surface area contributed by atoms with E-state index in [1.54, 1.807) is 29.5 Å². The van der Waals surface area contributed by atoms with E-state index < -0.39 is 0 Å². The molecule has 0 saturated heterocycles. The summed E-state index contributed by atoms with van der Waals surface area (Å²) >= 11 is 2.90. The normalized spacial score (nSPS) is 10.3. The summed E-state index contributed by atoms with van der Waals surface area (Å²) < 4.78 is 4.12. The van der Waals surface area contributed by atoms with Crippen LogP contribution in [0.5, 0.6) is 0 Å². The molecule has 0 saturated carbocycles. The molecule has 2 amide bonds. The summed E-state index contributed by atoms with van der Waals surface area (Å²) in [5, 5.41) is 6.58. The zero-order valence-electron chi connectivity index (χ0n) is 10.2. The van der Waals surface area contributed by atoms with Crippen molar-refractivity contribution in [1.82, 2.24) is 14.3 Å². The number of nitrogens with one attached hydrogen (secondary N) is 1. The van der Waals surface area contributed by atoms with E-state index in [9.17, 15) is 4.79 Å². The van der Waals surface area contributed by atoms with E-state index in [0.29, 0.717) is 6.54 Å². The number of carbonyl (C=O) groups is 1. The minimum absolute atomic E-state index is 0.116. The zero-order valence-corrected chi connectivity index (χ0v) is 11.8. The number of urea groups is 1. The number of hydrogen-bond donors (Lipinski definition) is 1. The Kier molecular flexibility index (Phi) is 4.27. The molecule has 0 spiro atoms. The van der Waals surface area contributed by atoms with Crippen LogP contribution in [0, 0.1) is 6.92 Å². The Labute approximate surface area is 114 Å². The van der Waals surface area contributed by atoms with Crippen LogP contribution in [0.25, 0.3) is 0 Å². The molecular formula is C11H14N4OS2. The maximum absolute atomic E-state index is 11.9. The van der Waals surface area contributed by atoms with Gasteiger partial charge < -0.3 is 4.90 Å². The standard InChI is InChI=1S/C11H14N4OS2/c1-8-7-10(18-14-8)13-11(16)15(2)5-3-9-12-4-6-17-9/h4,6-7H,3,5H2,1-2H3,(H,13,16). The van der Waals surface area contributed by atoms with Gasteiger partial charge in [0.15, 0.2) is 0 Å². The van der Waals surface area contributed by atoms with E-state index in [0.717, 1.165) is 22.1 Å². The minimum Gasteiger partial charge on any atom is -0.327 e. The molecule has 0 bridgehead atoms. The maximum Gasteiger partial charge on any atom is 0.322 e. The Morgan fingerprint density at radius 2 is 2.39 bits per heavy atom. The quantitative estimate of drug-likeness (QED) is 0.937. The topological polar surface area (TPSA) is 58.1 Å². The third kappa shape index (κ3) is 3.51. The first-order chi connectivity index (χ1) is 8.65. The molecule has 0 aliphatic rings. The molecule has 18 heavy (non-hydrogen) atoms. The van der Waals surface area contributed by atoms with Gasteiger partial charge in [0.05, 0.1) is 10.7 Å². The fourth-order valence-electron chi connectivity index (χ4n) is 1.36. The van der Waals surface area contributed by atoms with Crippen LogP contribution in [-0.2, 0) is 6.42 Å². The van der Waals surface area contributed by atoms with E-state index >= 15 is 0 Å². The summed E-state index contributed by atoms with van der Waals surface area (Å²) in [4.78, 5) is 17.7. The average molecular weight is 282 g/mol. The molecule has 1 N–H and O–H groups in total. The lowest BCUT2D eigenvalue weighted by Gasteiger charge is -2.16. The molecule has 2 rings (SSSR count). The number of aryl methyl sites for hydroxylation is 1. The maximum atomic E-state index is 11.9. The van der Waals surface area contributed by atoms with Crippen molar-refractivity contribution in [3.05, 3.63) is 28.3 Å². The van der Waals surface area contributed by atoms with Crippen molar-refractivity contribution in [3.8, 4) is 0 Å². The van der Waals surface area contributed by atoms with Gasteiger partial charge in [-0.15, -0.1) is 11.3 Å². The van der Waals surface area contributed by atoms with Gasteiger partial charge in [-0.05, 0) is 24.5 Å². The van der Waals surface area contributed by atoms with Gasteiger partial charge in [0.1, 0.15) is 5.00 Å². The van der Waals surface area contributed by atoms with Crippen molar-refractivity contribution in [3.63, 3.8) is 0 Å². The highest BCUT2D eigenvalue weighted by atomic mass is 32.1. The predicted octanol–water partition coefficient (Wildman–Crippen LogP) is 2.61. The lowest BCUT2D eigenvalue weighted by Crippen LogP contribution is -2.32. The molecule has 2 aromatic heterocycles. The highest BCUT2D eigenvalue weighted by Crippen LogP contribution is 2.15. The Balaban J connectivity index is 1.81. The SMILES string of the molecule is Cc1cc(NC(=O)N(C)CCc2nccs2)sn1. The number of anilines is 1. The van der Waals surface area contributed by atoms with Crippen molar-refractivity contribution >= 4 is 33.9 Å². The van der Waals surface area contributed by atoms with Crippen molar-refractivity contribution in [2.45, 2.75) is 13.3 Å². The molecule has 0 aromatic carbocycles. The number of thiazole rings is 1. The Morgan fingerprint density at radius 1 is 1.56 bits per heavy atom. The molecule has 5 nitrogen and oxygen atoms in total. The summed E-state index contributed by atoms with van der Waals surface area (Å²) in [6.45, 7) is 2.55. The highest BCUT2D eigenvalue weighted by Gasteiger charge is 2.10. The van der Waals surface area contributed by atoms with Crippen LogP contribution < -0.4 is 5.32 Å². The lowest BCUT2D eigenvalue weighted by atomic mass is 10.4. The zero-order chi connectivity index (χ0) is 13.0. The number of rotatable bonds is 4. The van der Waals surface area contributed by atoms with Crippen molar-refractivity contribution in [2.24, 2.45) is 0 Å². The molecule has 0 fully saturated rings. The van der Waals surface area contributed by atoms with Gasteiger partial charge in [0.25, 0.3) is 0 Å². The van der Waals surface area contributed by atoms with Crippen molar-refractivity contribution in [2.75, 3.05) is 18.9 Å². The third-order valence-electron chi connectivity index (χ3n) is 2.35. The smallest absolute Gasteiger partial charge is 0.322 e. The first kappa shape index (κ1) is 13.0. The molecule has 0 radical (unpaired) electrons. The Hall–Kier alpha value is -1.47. The van der Waals surface area contributed by atoms with Crippen LogP contribution in [0.1, 0.15) is 10.7 Å². The van der Waals surface area contributed by atoms with E-state index in [4.69, 9.17) is 0 Å². The van der Waals surface area contributed by atoms with Gasteiger partial charge in [0.2, 0.25) is 0 Å². The van der Waals surface area contributed by atoms with E-state index in [1.165, 1.54) is 11.5 Å². The van der Waals surface area contributed by atoms with Crippen LogP contribution in [0.4, 0.5) is 9.80 Å². The van der Waals surface area contributed by atoms with Gasteiger partial charge in [-0.25, -0.2) is 9.78 Å². The highest BCUT2D eigenvalue weighted by molar-refractivity contribution is 7.10. The van der Waals surface area contributed by atoms with Crippen molar-refractivity contribution in [1.29, 1.82) is 0 Å². The monoisotopic (exact) mass is 282 g/mol. The van der Waals surface area contributed by atoms with Gasteiger partial charge in [-0.1, -0.05) is 0 Å². The van der Waals surface area contributed by atoms with Crippen LogP contribution in [0.2, 0.25) is 0 Å². The first-order valence-corrected chi connectivity index (χ1v) is 7.14. The van der Waals surface area contributed by atoms with E-state index in [-0.39, 0.29) is 6.03 Å². The second-order valence-corrected chi connectivity index (χ2v) is 5.64. The number of likely N-dealkylation sites (N-methyl/N-ethyl adjacent to an activating group) is 1. The molecule has 96 valence electrons.